The Morgan fingerprint density at radius 1 is 0.970 bits per heavy atom. The van der Waals surface area contributed by atoms with Crippen LogP contribution < -0.4 is 21.5 Å². The lowest BCUT2D eigenvalue weighted by molar-refractivity contribution is -0.306. The fraction of sp³-hybridized carbons (Fsp3) is 0.444. The summed E-state index contributed by atoms with van der Waals surface area (Å²) >= 11 is 0.635. The van der Waals surface area contributed by atoms with E-state index < -0.39 is 114 Å². The number of ether oxygens (including phenoxy) is 1. The number of carboxylic acid groups (broad SMARTS) is 1. The molecular formula is C36H45N7O20P3S-. The van der Waals surface area contributed by atoms with E-state index in [9.17, 15) is 72.6 Å². The number of ketones is 1. The average molecular weight is 1020 g/mol. The van der Waals surface area contributed by atoms with E-state index in [1.165, 1.54) is 19.9 Å². The number of nitrogen functional groups attached to an aromatic ring is 1. The molecule has 2 amide bonds. The largest absolute Gasteiger partial charge is 0.550 e. The van der Waals surface area contributed by atoms with Gasteiger partial charge in [0, 0.05) is 48.6 Å². The molecule has 27 nitrogen and oxygen atoms in total. The van der Waals surface area contributed by atoms with Crippen molar-refractivity contribution in [2.45, 2.75) is 57.3 Å². The first-order valence-electron chi connectivity index (χ1n) is 19.6. The Morgan fingerprint density at radius 3 is 2.34 bits per heavy atom. The number of nitrogens with two attached hydrogens (primary N) is 1. The van der Waals surface area contributed by atoms with Crippen molar-refractivity contribution in [3.63, 3.8) is 0 Å². The van der Waals surface area contributed by atoms with Gasteiger partial charge in [0.05, 0.1) is 25.5 Å². The Labute approximate surface area is 383 Å². The highest BCUT2D eigenvalue weighted by Gasteiger charge is 2.50. The number of amides is 2. The lowest BCUT2D eigenvalue weighted by Crippen LogP contribution is -2.46. The summed E-state index contributed by atoms with van der Waals surface area (Å²) in [4.78, 5) is 114. The van der Waals surface area contributed by atoms with Crippen molar-refractivity contribution < 1.29 is 95.2 Å². The van der Waals surface area contributed by atoms with Gasteiger partial charge in [-0.3, -0.25) is 37.3 Å². The van der Waals surface area contributed by atoms with Gasteiger partial charge in [-0.2, -0.15) is 4.31 Å². The number of imidazole rings is 1. The van der Waals surface area contributed by atoms with Gasteiger partial charge in [-0.25, -0.2) is 28.6 Å². The summed E-state index contributed by atoms with van der Waals surface area (Å²) in [5.74, 6) is -5.61. The van der Waals surface area contributed by atoms with Gasteiger partial charge in [-0.1, -0.05) is 62.0 Å². The molecule has 3 heterocycles. The van der Waals surface area contributed by atoms with Gasteiger partial charge in [-0.05, 0) is 16.8 Å². The molecule has 2 aromatic heterocycles. The number of benzene rings is 2. The van der Waals surface area contributed by atoms with Gasteiger partial charge in [0.15, 0.2) is 28.6 Å². The number of thioether (sulfide) groups is 1. The molecule has 1 aliphatic rings. The topological polar surface area (TPSA) is 421 Å². The van der Waals surface area contributed by atoms with Gasteiger partial charge in [0.1, 0.15) is 36.3 Å². The van der Waals surface area contributed by atoms with Crippen LogP contribution in [-0.4, -0.2) is 134 Å². The minimum absolute atomic E-state index is 0.00874. The van der Waals surface area contributed by atoms with Crippen molar-refractivity contribution in [3.05, 3.63) is 60.7 Å². The minimum atomic E-state index is -5.63. The molecule has 366 valence electrons. The van der Waals surface area contributed by atoms with E-state index in [4.69, 9.17) is 19.5 Å². The number of Topliss-reactive ketones (excluding diaryl/α,β-unsaturated/α-hetero) is 1. The average Bonchev–Trinajstić information content (AvgIpc) is 3.81. The van der Waals surface area contributed by atoms with Crippen molar-refractivity contribution in [2.75, 3.05) is 37.8 Å². The number of phosphoric acid groups is 3. The summed E-state index contributed by atoms with van der Waals surface area (Å²) in [6, 6.07) is 11.9. The monoisotopic (exact) mass is 1020 g/mol. The molecule has 10 N–H and O–H groups in total. The van der Waals surface area contributed by atoms with Crippen LogP contribution in [0.3, 0.4) is 0 Å². The molecule has 4 aromatic rings. The maximum atomic E-state index is 13.1. The highest BCUT2D eigenvalue weighted by Crippen LogP contribution is 2.61. The van der Waals surface area contributed by atoms with Crippen LogP contribution in [0.2, 0.25) is 0 Å². The van der Waals surface area contributed by atoms with E-state index in [0.29, 0.717) is 17.1 Å². The Morgan fingerprint density at radius 2 is 1.66 bits per heavy atom. The third-order valence-corrected chi connectivity index (χ3v) is 13.8. The van der Waals surface area contributed by atoms with E-state index in [1.807, 2.05) is 6.07 Å². The number of fused-ring (bicyclic) bond motifs is 2. The van der Waals surface area contributed by atoms with Crippen molar-refractivity contribution in [1.82, 2.24) is 30.2 Å². The number of anilines is 1. The fourth-order valence-electron chi connectivity index (χ4n) is 6.38. The quantitative estimate of drug-likeness (QED) is 0.0184. The second-order valence-electron chi connectivity index (χ2n) is 15.3. The number of phosphoric ester groups is 3. The third kappa shape index (κ3) is 14.7. The van der Waals surface area contributed by atoms with Crippen LogP contribution in [0.5, 0.6) is 0 Å². The minimum Gasteiger partial charge on any atom is -0.550 e. The zero-order valence-corrected chi connectivity index (χ0v) is 38.6. The molecule has 0 saturated carbocycles. The molecule has 2 aromatic carbocycles. The first-order chi connectivity index (χ1) is 31.3. The van der Waals surface area contributed by atoms with Crippen molar-refractivity contribution >= 4 is 91.7 Å². The number of hydrogen-bond donors (Lipinski definition) is 9. The molecule has 0 radical (unpaired) electrons. The van der Waals surface area contributed by atoms with Gasteiger partial charge in [0.25, 0.3) is 0 Å². The van der Waals surface area contributed by atoms with E-state index in [-0.39, 0.29) is 47.8 Å². The molecule has 31 heteroatoms. The zero-order valence-electron chi connectivity index (χ0n) is 35.1. The first-order valence-corrected chi connectivity index (χ1v) is 25.1. The maximum Gasteiger partial charge on any atom is 0.481 e. The number of nitrogens with one attached hydrogen (secondary N) is 2. The van der Waals surface area contributed by atoms with Crippen molar-refractivity contribution in [2.24, 2.45) is 11.3 Å². The highest BCUT2D eigenvalue weighted by atomic mass is 32.2. The third-order valence-electron chi connectivity index (χ3n) is 9.75. The van der Waals surface area contributed by atoms with Crippen LogP contribution in [0.25, 0.3) is 21.9 Å². The second-order valence-corrected chi connectivity index (χ2v) is 20.6. The lowest BCUT2D eigenvalue weighted by Gasteiger charge is -2.30. The summed E-state index contributed by atoms with van der Waals surface area (Å²) in [5, 5.41) is 38.5. The molecule has 1 aliphatic heterocycles. The van der Waals surface area contributed by atoms with E-state index in [1.54, 1.807) is 30.3 Å². The molecule has 1 fully saturated rings. The normalized spacial score (nSPS) is 20.4. The standard InChI is InChI=1S/C36H46N7O20P3S/c1-36(2,30(49)33(50)39-10-9-24(44)38-11-12-67-35(51)22(14-25(45)46)27(47)21-8-7-19-5-3-4-6-20(19)13-21)16-60-66(57,58)63-65(55,56)59-15-23-29(62-64(52,53)54)28(48)34(61-23)43-18-42-26-31(37)40-17-41-32(26)43/h3-8,13,17-18,22-23,28-30,34,48-49H,9-12,14-16H2,1-2H3,(H,38,44)(H,39,50)(H,45,46)(H,55,56)(H,57,58)(H2,37,40,41)(H2,52,53,54)/p-1. The molecule has 0 aliphatic carbocycles. The number of aromatic nitrogens is 4. The molecule has 5 rings (SSSR count). The Bertz CT molecular complexity index is 2630. The summed E-state index contributed by atoms with van der Waals surface area (Å²) in [6.45, 7) is -0.124. The number of rotatable bonds is 24. The number of aliphatic carboxylic acids is 1. The van der Waals surface area contributed by atoms with Crippen LogP contribution in [0.15, 0.2) is 55.1 Å². The molecular weight excluding hydrogens is 975 g/mol. The molecule has 0 spiro atoms. The second kappa shape index (κ2) is 22.2. The maximum absolute atomic E-state index is 13.1. The van der Waals surface area contributed by atoms with Crippen LogP contribution >= 0.6 is 35.2 Å². The van der Waals surface area contributed by atoms with Crippen molar-refractivity contribution in [3.8, 4) is 0 Å². The fourth-order valence-corrected chi connectivity index (χ4v) is 10.0. The number of carboxylic acids is 1. The van der Waals surface area contributed by atoms with Gasteiger partial charge in [-0.15, -0.1) is 0 Å². The SMILES string of the molecule is CC(C)(COP(=O)(O)OP(=O)(O)OCC1OC(n2cnc3c(N)ncnc32)C(O)C1OP(=O)(O)O)C(O)C(=O)NCCC(=O)NCCSC(=O)C(CC(=O)[O-])C(=O)c1ccc2ccccc2c1. The molecule has 8 unspecified atom stereocenters. The number of aliphatic hydroxyl groups excluding tert-OH is 2. The van der Waals surface area contributed by atoms with Gasteiger partial charge < -0.3 is 60.8 Å². The summed E-state index contributed by atoms with van der Waals surface area (Å²) in [7, 11) is -16.6. The van der Waals surface area contributed by atoms with E-state index >= 15 is 0 Å². The van der Waals surface area contributed by atoms with Crippen molar-refractivity contribution in [1.29, 1.82) is 0 Å². The summed E-state index contributed by atoms with van der Waals surface area (Å²) < 4.78 is 62.3. The Kier molecular flexibility index (Phi) is 17.7. The number of nitrogens with zero attached hydrogens (tertiary/aromatic N) is 4. The molecule has 67 heavy (non-hydrogen) atoms. The van der Waals surface area contributed by atoms with Crippen LogP contribution in [0.1, 0.15) is 43.3 Å². The van der Waals surface area contributed by atoms with Crippen LogP contribution in [0, 0.1) is 11.3 Å². The predicted molar refractivity (Wildman–Crippen MR) is 228 cm³/mol. The molecule has 1 saturated heterocycles. The molecule has 8 atom stereocenters. The number of carbonyl (C=O) groups is 5. The Hall–Kier alpha value is -4.60. The lowest BCUT2D eigenvalue weighted by atomic mass is 9.87. The van der Waals surface area contributed by atoms with Gasteiger partial charge in [0.2, 0.25) is 11.8 Å². The van der Waals surface area contributed by atoms with Crippen LogP contribution in [0.4, 0.5) is 5.82 Å². The van der Waals surface area contributed by atoms with E-state index in [2.05, 4.69) is 34.4 Å². The zero-order chi connectivity index (χ0) is 49.5. The predicted octanol–water partition coefficient (Wildman–Crippen LogP) is -0.543. The summed E-state index contributed by atoms with van der Waals surface area (Å²) in [5.41, 5.74) is 4.29. The van der Waals surface area contributed by atoms with Gasteiger partial charge >= 0.3 is 23.5 Å². The highest BCUT2D eigenvalue weighted by molar-refractivity contribution is 8.13. The number of hydrogen-bond acceptors (Lipinski definition) is 21. The number of carbonyl (C=O) groups excluding carboxylic acids is 5. The molecule has 0 bridgehead atoms. The smallest absolute Gasteiger partial charge is 0.481 e. The summed E-state index contributed by atoms with van der Waals surface area (Å²) in [6.07, 6.45) is -8.16. The Balaban J connectivity index is 1.04. The first kappa shape index (κ1) is 53.4. The van der Waals surface area contributed by atoms with E-state index in [0.717, 1.165) is 22.6 Å². The number of aliphatic hydroxyl groups is 2. The van der Waals surface area contributed by atoms with Crippen LogP contribution in [-0.2, 0) is 55.5 Å².